The quantitative estimate of drug-likeness (QED) is 0.605. The van der Waals surface area contributed by atoms with E-state index in [-0.39, 0.29) is 18.3 Å². The van der Waals surface area contributed by atoms with Crippen LogP contribution >= 0.6 is 0 Å². The van der Waals surface area contributed by atoms with Crippen molar-refractivity contribution >= 4 is 20.4 Å². The van der Waals surface area contributed by atoms with Gasteiger partial charge in [0.25, 0.3) is 0 Å². The first-order valence-corrected chi connectivity index (χ1v) is 11.8. The summed E-state index contributed by atoms with van der Waals surface area (Å²) in [7, 11) is -1.62. The molecule has 2 aliphatic rings. The van der Waals surface area contributed by atoms with Crippen LogP contribution in [0.3, 0.4) is 0 Å². The second-order valence-corrected chi connectivity index (χ2v) is 13.4. The maximum Gasteiger partial charge on any atom is 0.465 e. The Morgan fingerprint density at radius 1 is 0.957 bits per heavy atom. The van der Waals surface area contributed by atoms with Crippen LogP contribution in [0.15, 0.2) is 42.5 Å². The van der Waals surface area contributed by atoms with Crippen molar-refractivity contribution in [3.8, 4) is 0 Å². The standard InChI is InChI=1S/C19H29BO2Si/c1-18(2)19(3,4)22-20(21-18)15-12-13-17(14-15)23(5,6)16-10-8-7-9-11-16/h7-13,15,17H,14H2,1-6H3/t15-,17+/m1/s1. The first kappa shape index (κ1) is 17.0. The molecule has 0 spiro atoms. The van der Waals surface area contributed by atoms with Crippen molar-refractivity contribution in [3.63, 3.8) is 0 Å². The minimum Gasteiger partial charge on any atom is -0.403 e. The fourth-order valence-electron chi connectivity index (χ4n) is 3.61. The first-order valence-electron chi connectivity index (χ1n) is 8.73. The molecular weight excluding hydrogens is 299 g/mol. The number of benzene rings is 1. The summed E-state index contributed by atoms with van der Waals surface area (Å²) in [5, 5.41) is 1.53. The van der Waals surface area contributed by atoms with Gasteiger partial charge in [-0.25, -0.2) is 0 Å². The molecule has 2 atom stereocenters. The van der Waals surface area contributed by atoms with Gasteiger partial charge in [-0.15, -0.1) is 0 Å². The molecule has 1 saturated heterocycles. The zero-order valence-electron chi connectivity index (χ0n) is 15.3. The fourth-order valence-corrected chi connectivity index (χ4v) is 6.54. The summed E-state index contributed by atoms with van der Waals surface area (Å²) in [6.45, 7) is 13.5. The first-order chi connectivity index (χ1) is 10.6. The van der Waals surface area contributed by atoms with E-state index >= 15 is 0 Å². The molecule has 1 aromatic carbocycles. The molecule has 0 N–H and O–H groups in total. The van der Waals surface area contributed by atoms with Crippen LogP contribution in [-0.4, -0.2) is 26.4 Å². The highest BCUT2D eigenvalue weighted by molar-refractivity contribution is 6.91. The van der Waals surface area contributed by atoms with E-state index in [9.17, 15) is 0 Å². The maximum atomic E-state index is 6.26. The SMILES string of the molecule is CC1(C)OB([C@@H]2C=C[C@H]([Si](C)(C)c3ccccc3)C2)OC1(C)C. The zero-order valence-corrected chi connectivity index (χ0v) is 16.3. The van der Waals surface area contributed by atoms with E-state index in [0.717, 1.165) is 6.42 Å². The maximum absolute atomic E-state index is 6.26. The van der Waals surface area contributed by atoms with E-state index in [4.69, 9.17) is 9.31 Å². The van der Waals surface area contributed by atoms with Gasteiger partial charge in [-0.2, -0.15) is 0 Å². The summed E-state index contributed by atoms with van der Waals surface area (Å²) in [5.41, 5.74) is 0.167. The van der Waals surface area contributed by atoms with Crippen molar-refractivity contribution in [3.05, 3.63) is 42.5 Å². The zero-order chi connectivity index (χ0) is 16.9. The highest BCUT2D eigenvalue weighted by atomic mass is 28.3. The molecule has 4 heteroatoms. The molecule has 1 aliphatic heterocycles. The normalized spacial score (nSPS) is 29.2. The fraction of sp³-hybridized carbons (Fsp3) is 0.579. The molecule has 124 valence electrons. The van der Waals surface area contributed by atoms with Crippen LogP contribution in [0.1, 0.15) is 34.1 Å². The van der Waals surface area contributed by atoms with E-state index in [0.29, 0.717) is 11.4 Å². The molecule has 1 aliphatic carbocycles. The van der Waals surface area contributed by atoms with Crippen LogP contribution in [0.25, 0.3) is 0 Å². The minimum atomic E-state index is -1.51. The molecule has 0 radical (unpaired) electrons. The van der Waals surface area contributed by atoms with Crippen LogP contribution in [0.4, 0.5) is 0 Å². The molecule has 1 fully saturated rings. The Bertz CT molecular complexity index is 579. The van der Waals surface area contributed by atoms with Crippen LogP contribution in [0.5, 0.6) is 0 Å². The van der Waals surface area contributed by atoms with Gasteiger partial charge < -0.3 is 9.31 Å². The summed E-state index contributed by atoms with van der Waals surface area (Å²) in [6, 6.07) is 11.0. The van der Waals surface area contributed by atoms with Crippen molar-refractivity contribution in [2.24, 2.45) is 0 Å². The molecule has 0 saturated carbocycles. The Hall–Kier alpha value is -0.838. The second kappa shape index (κ2) is 5.61. The molecule has 2 nitrogen and oxygen atoms in total. The van der Waals surface area contributed by atoms with Gasteiger partial charge in [-0.3, -0.25) is 0 Å². The Labute approximate surface area is 142 Å². The lowest BCUT2D eigenvalue weighted by atomic mass is 9.71. The number of allylic oxidation sites excluding steroid dienone is 2. The van der Waals surface area contributed by atoms with Gasteiger partial charge in [-0.1, -0.05) is 60.8 Å². The van der Waals surface area contributed by atoms with Gasteiger partial charge in [0, 0.05) is 5.82 Å². The third kappa shape index (κ3) is 2.97. The van der Waals surface area contributed by atoms with E-state index in [1.54, 1.807) is 0 Å². The lowest BCUT2D eigenvalue weighted by Crippen LogP contribution is -2.45. The van der Waals surface area contributed by atoms with Crippen LogP contribution < -0.4 is 5.19 Å². The molecule has 3 rings (SSSR count). The molecule has 23 heavy (non-hydrogen) atoms. The van der Waals surface area contributed by atoms with Gasteiger partial charge in [0.2, 0.25) is 0 Å². The van der Waals surface area contributed by atoms with E-state index in [1.165, 1.54) is 5.19 Å². The molecular formula is C19H29BO2Si. The molecule has 0 unspecified atom stereocenters. The Morgan fingerprint density at radius 2 is 1.52 bits per heavy atom. The van der Waals surface area contributed by atoms with Crippen molar-refractivity contribution in [2.45, 2.75) is 69.8 Å². The Morgan fingerprint density at radius 3 is 2.09 bits per heavy atom. The van der Waals surface area contributed by atoms with Gasteiger partial charge >= 0.3 is 7.12 Å². The van der Waals surface area contributed by atoms with Crippen molar-refractivity contribution in [1.29, 1.82) is 0 Å². The highest BCUT2D eigenvalue weighted by Gasteiger charge is 2.54. The number of hydrogen-bond acceptors (Lipinski definition) is 2. The monoisotopic (exact) mass is 328 g/mol. The van der Waals surface area contributed by atoms with Crippen LogP contribution in [-0.2, 0) is 9.31 Å². The lowest BCUT2D eigenvalue weighted by Gasteiger charge is -2.32. The van der Waals surface area contributed by atoms with Gasteiger partial charge in [0.05, 0.1) is 19.3 Å². The number of rotatable bonds is 3. The van der Waals surface area contributed by atoms with Crippen molar-refractivity contribution in [2.75, 3.05) is 0 Å². The second-order valence-electron chi connectivity index (χ2n) is 8.60. The summed E-state index contributed by atoms with van der Waals surface area (Å²) in [5.74, 6) is 0.372. The summed E-state index contributed by atoms with van der Waals surface area (Å²) < 4.78 is 12.5. The molecule has 0 aromatic heterocycles. The third-order valence-electron chi connectivity index (χ3n) is 6.18. The van der Waals surface area contributed by atoms with Crippen LogP contribution in [0, 0.1) is 0 Å². The minimum absolute atomic E-state index is 0.109. The topological polar surface area (TPSA) is 18.5 Å². The largest absolute Gasteiger partial charge is 0.465 e. The van der Waals surface area contributed by atoms with Crippen molar-refractivity contribution < 1.29 is 9.31 Å². The molecule has 0 bridgehead atoms. The third-order valence-corrected chi connectivity index (χ3v) is 10.3. The van der Waals surface area contributed by atoms with Gasteiger partial charge in [-0.05, 0) is 39.7 Å². The van der Waals surface area contributed by atoms with Crippen molar-refractivity contribution in [1.82, 2.24) is 0 Å². The Balaban J connectivity index is 1.72. The number of hydrogen-bond donors (Lipinski definition) is 0. The summed E-state index contributed by atoms with van der Waals surface area (Å²) in [4.78, 5) is 0. The lowest BCUT2D eigenvalue weighted by molar-refractivity contribution is 0.00578. The van der Waals surface area contributed by atoms with Crippen LogP contribution in [0.2, 0.25) is 24.5 Å². The average molecular weight is 328 g/mol. The Kier molecular flexibility index (Phi) is 4.15. The van der Waals surface area contributed by atoms with E-state index < -0.39 is 8.07 Å². The molecule has 1 aromatic rings. The average Bonchev–Trinajstić information content (AvgIpc) is 3.04. The van der Waals surface area contributed by atoms with E-state index in [1.807, 2.05) is 0 Å². The summed E-state index contributed by atoms with van der Waals surface area (Å²) in [6.07, 6.45) is 5.91. The van der Waals surface area contributed by atoms with Gasteiger partial charge in [0.1, 0.15) is 0 Å². The molecule has 1 heterocycles. The predicted molar refractivity (Wildman–Crippen MR) is 101 cm³/mol. The smallest absolute Gasteiger partial charge is 0.403 e. The van der Waals surface area contributed by atoms with Gasteiger partial charge in [0.15, 0.2) is 0 Å². The molecule has 0 amide bonds. The summed E-state index contributed by atoms with van der Waals surface area (Å²) >= 11 is 0. The van der Waals surface area contributed by atoms with E-state index in [2.05, 4.69) is 83.3 Å². The highest BCUT2D eigenvalue weighted by Crippen LogP contribution is 2.46. The predicted octanol–water partition coefficient (Wildman–Crippen LogP) is 4.39.